The molecule has 1 atom stereocenters. The van der Waals surface area contributed by atoms with E-state index >= 15 is 0 Å². The molecule has 5 nitrogen and oxygen atoms in total. The molecule has 28 heavy (non-hydrogen) atoms. The van der Waals surface area contributed by atoms with Gasteiger partial charge in [0, 0.05) is 18.6 Å². The number of piperidine rings is 1. The second-order valence-electron chi connectivity index (χ2n) is 8.94. The van der Waals surface area contributed by atoms with Crippen molar-refractivity contribution in [3.05, 3.63) is 35.4 Å². The smallest absolute Gasteiger partial charge is 0.257 e. The Morgan fingerprint density at radius 1 is 1.25 bits per heavy atom. The number of hydrogen-bond acceptors (Lipinski definition) is 3. The van der Waals surface area contributed by atoms with E-state index in [1.165, 1.54) is 19.4 Å². The Labute approximate surface area is 165 Å². The highest BCUT2D eigenvalue weighted by Gasteiger charge is 2.52. The van der Waals surface area contributed by atoms with Crippen LogP contribution in [0, 0.1) is 5.92 Å². The molecule has 0 bridgehead atoms. The minimum atomic E-state index is -1.86. The number of alkyl halides is 1. The lowest BCUT2D eigenvalue weighted by molar-refractivity contribution is -0.137. The van der Waals surface area contributed by atoms with Crippen LogP contribution in [0.5, 0.6) is 0 Å². The molecule has 2 aliphatic heterocycles. The van der Waals surface area contributed by atoms with Gasteiger partial charge in [-0.15, -0.1) is 0 Å². The maximum atomic E-state index is 13.9. The molecule has 1 saturated heterocycles. The van der Waals surface area contributed by atoms with Crippen LogP contribution in [0.4, 0.5) is 4.39 Å². The summed E-state index contributed by atoms with van der Waals surface area (Å²) in [6.07, 6.45) is 3.73. The molecule has 2 heterocycles. The summed E-state index contributed by atoms with van der Waals surface area (Å²) >= 11 is 0. The third-order valence-electron chi connectivity index (χ3n) is 6.52. The standard InChI is InChI=1S/C22H29FN2O3/c1-21(2,23)20(27)24-22(9-10-22)16-7-11-25(12-8-16)19(26)13-18-17-6-4-3-5-15(17)14-28-18/h3-6,16,18H,7-14H2,1-2H3,(H,24,27). The zero-order valence-electron chi connectivity index (χ0n) is 16.7. The van der Waals surface area contributed by atoms with Gasteiger partial charge in [-0.05, 0) is 56.6 Å². The van der Waals surface area contributed by atoms with Crippen molar-refractivity contribution in [2.24, 2.45) is 5.92 Å². The molecule has 1 aromatic carbocycles. The number of likely N-dealkylation sites (tertiary alicyclic amines) is 1. The number of nitrogens with zero attached hydrogens (tertiary/aromatic N) is 1. The van der Waals surface area contributed by atoms with Crippen molar-refractivity contribution in [2.45, 2.75) is 69.9 Å². The van der Waals surface area contributed by atoms with Crippen LogP contribution in [0.25, 0.3) is 0 Å². The lowest BCUT2D eigenvalue weighted by Crippen LogP contribution is -2.52. The average Bonchev–Trinajstić information content (AvgIpc) is 3.34. The Kier molecular flexibility index (Phi) is 4.94. The Morgan fingerprint density at radius 2 is 1.93 bits per heavy atom. The molecule has 1 unspecified atom stereocenters. The fourth-order valence-electron chi connectivity index (χ4n) is 4.54. The van der Waals surface area contributed by atoms with Crippen LogP contribution in [0.1, 0.15) is 63.2 Å². The monoisotopic (exact) mass is 388 g/mol. The van der Waals surface area contributed by atoms with E-state index in [0.717, 1.165) is 31.2 Å². The Hall–Kier alpha value is -1.95. The molecular weight excluding hydrogens is 359 g/mol. The summed E-state index contributed by atoms with van der Waals surface area (Å²) in [7, 11) is 0. The fraction of sp³-hybridized carbons (Fsp3) is 0.636. The van der Waals surface area contributed by atoms with Gasteiger partial charge in [0.2, 0.25) is 5.91 Å². The van der Waals surface area contributed by atoms with Crippen molar-refractivity contribution in [1.29, 1.82) is 0 Å². The number of hydrogen-bond donors (Lipinski definition) is 1. The first-order chi connectivity index (χ1) is 13.3. The quantitative estimate of drug-likeness (QED) is 0.842. The minimum absolute atomic E-state index is 0.124. The summed E-state index contributed by atoms with van der Waals surface area (Å²) in [5, 5.41) is 2.95. The number of ether oxygens (including phenoxy) is 1. The number of nitrogens with one attached hydrogen (secondary N) is 1. The van der Waals surface area contributed by atoms with E-state index in [1.807, 2.05) is 29.2 Å². The number of halogens is 1. The van der Waals surface area contributed by atoms with Gasteiger partial charge in [-0.1, -0.05) is 24.3 Å². The van der Waals surface area contributed by atoms with E-state index in [-0.39, 0.29) is 17.6 Å². The third kappa shape index (κ3) is 3.79. The highest BCUT2D eigenvalue weighted by atomic mass is 19.1. The summed E-state index contributed by atoms with van der Waals surface area (Å²) in [5.41, 5.74) is 0.174. The normalized spacial score (nSPS) is 24.0. The molecule has 0 aromatic heterocycles. The first kappa shape index (κ1) is 19.4. The van der Waals surface area contributed by atoms with E-state index in [1.54, 1.807) is 0 Å². The molecule has 2 fully saturated rings. The second kappa shape index (κ2) is 7.14. The predicted molar refractivity (Wildman–Crippen MR) is 103 cm³/mol. The Bertz CT molecular complexity index is 761. The van der Waals surface area contributed by atoms with Gasteiger partial charge >= 0.3 is 0 Å². The Balaban J connectivity index is 1.30. The van der Waals surface area contributed by atoms with Gasteiger partial charge < -0.3 is 15.0 Å². The predicted octanol–water partition coefficient (Wildman–Crippen LogP) is 3.28. The first-order valence-electron chi connectivity index (χ1n) is 10.3. The third-order valence-corrected chi connectivity index (χ3v) is 6.52. The lowest BCUT2D eigenvalue weighted by atomic mass is 9.86. The molecule has 152 valence electrons. The largest absolute Gasteiger partial charge is 0.368 e. The van der Waals surface area contributed by atoms with Crippen LogP contribution >= 0.6 is 0 Å². The molecule has 1 aromatic rings. The molecule has 1 N–H and O–H groups in total. The molecule has 1 aliphatic carbocycles. The van der Waals surface area contributed by atoms with Gasteiger partial charge in [0.1, 0.15) is 0 Å². The molecule has 3 aliphatic rings. The van der Waals surface area contributed by atoms with Crippen molar-refractivity contribution in [1.82, 2.24) is 10.2 Å². The Morgan fingerprint density at radius 3 is 2.57 bits per heavy atom. The number of carbonyl (C=O) groups is 2. The van der Waals surface area contributed by atoms with Gasteiger partial charge in [0.05, 0.1) is 19.1 Å². The molecule has 0 spiro atoms. The van der Waals surface area contributed by atoms with Crippen molar-refractivity contribution >= 4 is 11.8 Å². The van der Waals surface area contributed by atoms with Crippen LogP contribution in [0.15, 0.2) is 24.3 Å². The van der Waals surface area contributed by atoms with Crippen LogP contribution < -0.4 is 5.32 Å². The zero-order valence-corrected chi connectivity index (χ0v) is 16.7. The summed E-state index contributed by atoms with van der Waals surface area (Å²) in [6, 6.07) is 8.07. The minimum Gasteiger partial charge on any atom is -0.368 e. The van der Waals surface area contributed by atoms with Crippen molar-refractivity contribution in [3.63, 3.8) is 0 Å². The van der Waals surface area contributed by atoms with Gasteiger partial charge in [-0.2, -0.15) is 0 Å². The van der Waals surface area contributed by atoms with Crippen LogP contribution in [-0.4, -0.2) is 41.0 Å². The average molecular weight is 388 g/mol. The van der Waals surface area contributed by atoms with Gasteiger partial charge in [-0.25, -0.2) is 4.39 Å². The number of benzene rings is 1. The fourth-order valence-corrected chi connectivity index (χ4v) is 4.54. The van der Waals surface area contributed by atoms with Crippen LogP contribution in [-0.2, 0) is 20.9 Å². The van der Waals surface area contributed by atoms with E-state index in [9.17, 15) is 14.0 Å². The van der Waals surface area contributed by atoms with Crippen molar-refractivity contribution in [2.75, 3.05) is 13.1 Å². The zero-order chi connectivity index (χ0) is 19.9. The highest BCUT2D eigenvalue weighted by Crippen LogP contribution is 2.47. The summed E-state index contributed by atoms with van der Waals surface area (Å²) < 4.78 is 19.7. The molecule has 0 radical (unpaired) electrons. The molecule has 6 heteroatoms. The van der Waals surface area contributed by atoms with Gasteiger partial charge in [-0.3, -0.25) is 9.59 Å². The maximum absolute atomic E-state index is 13.9. The van der Waals surface area contributed by atoms with Crippen LogP contribution in [0.2, 0.25) is 0 Å². The van der Waals surface area contributed by atoms with E-state index in [4.69, 9.17) is 4.74 Å². The molecule has 4 rings (SSSR count). The second-order valence-corrected chi connectivity index (χ2v) is 8.94. The summed E-state index contributed by atoms with van der Waals surface area (Å²) in [4.78, 5) is 26.8. The number of rotatable bonds is 5. The number of amides is 2. The van der Waals surface area contributed by atoms with Gasteiger partial charge in [0.25, 0.3) is 5.91 Å². The SMILES string of the molecule is CC(C)(F)C(=O)NC1(C2CCN(C(=O)CC3OCc4ccccc43)CC2)CC1. The van der Waals surface area contributed by atoms with Crippen LogP contribution in [0.3, 0.4) is 0 Å². The molecule has 2 amide bonds. The van der Waals surface area contributed by atoms with E-state index < -0.39 is 11.6 Å². The molecule has 1 saturated carbocycles. The van der Waals surface area contributed by atoms with Gasteiger partial charge in [0.15, 0.2) is 5.67 Å². The molecular formula is C22H29FN2O3. The van der Waals surface area contributed by atoms with E-state index in [0.29, 0.717) is 32.0 Å². The van der Waals surface area contributed by atoms with E-state index in [2.05, 4.69) is 5.32 Å². The highest BCUT2D eigenvalue weighted by molar-refractivity contribution is 5.85. The maximum Gasteiger partial charge on any atom is 0.257 e. The summed E-state index contributed by atoms with van der Waals surface area (Å²) in [5.74, 6) is -0.0919. The topological polar surface area (TPSA) is 58.6 Å². The lowest BCUT2D eigenvalue weighted by Gasteiger charge is -2.37. The van der Waals surface area contributed by atoms with Crippen molar-refractivity contribution < 1.29 is 18.7 Å². The first-order valence-corrected chi connectivity index (χ1v) is 10.3. The van der Waals surface area contributed by atoms with Crippen molar-refractivity contribution in [3.8, 4) is 0 Å². The summed E-state index contributed by atoms with van der Waals surface area (Å²) in [6.45, 7) is 4.54. The number of fused-ring (bicyclic) bond motifs is 1. The number of carbonyl (C=O) groups excluding carboxylic acids is 2.